The molecular weight excluding hydrogens is 268 g/mol. The van der Waals surface area contributed by atoms with Gasteiger partial charge in [0.15, 0.2) is 0 Å². The molecule has 0 saturated carbocycles. The fourth-order valence-corrected chi connectivity index (χ4v) is 2.66. The van der Waals surface area contributed by atoms with Crippen molar-refractivity contribution in [2.75, 3.05) is 58.9 Å². The Morgan fingerprint density at radius 1 is 1.57 bits per heavy atom. The number of aromatic nitrogens is 1. The lowest BCUT2D eigenvalue weighted by Gasteiger charge is -2.27. The summed E-state index contributed by atoms with van der Waals surface area (Å²) in [6.45, 7) is 3.97. The highest BCUT2D eigenvalue weighted by Crippen LogP contribution is 2.20. The molecule has 1 unspecified atom stereocenters. The molecule has 0 spiro atoms. The van der Waals surface area contributed by atoms with Crippen LogP contribution in [0.1, 0.15) is 10.4 Å². The maximum Gasteiger partial charge on any atom is 0.254 e. The Balaban J connectivity index is 2.21. The molecule has 0 bridgehead atoms. The van der Waals surface area contributed by atoms with Gasteiger partial charge in [0, 0.05) is 38.8 Å². The molecule has 1 atom stereocenters. The molecule has 6 nitrogen and oxygen atoms in total. The Hall–Kier alpha value is -1.66. The Morgan fingerprint density at radius 2 is 2.38 bits per heavy atom. The molecule has 0 aliphatic carbocycles. The molecule has 1 aliphatic heterocycles. The van der Waals surface area contributed by atoms with Gasteiger partial charge in [0.1, 0.15) is 5.82 Å². The maximum atomic E-state index is 12.0. The summed E-state index contributed by atoms with van der Waals surface area (Å²) in [6.07, 6.45) is 1.73. The molecule has 21 heavy (non-hydrogen) atoms. The van der Waals surface area contributed by atoms with E-state index >= 15 is 0 Å². The summed E-state index contributed by atoms with van der Waals surface area (Å²) in [4.78, 5) is 20.7. The fourth-order valence-electron chi connectivity index (χ4n) is 2.66. The SMILES string of the molecule is CNC(=O)c1cccnc1N1CCOCC(CN(C)C)C1. The van der Waals surface area contributed by atoms with Gasteiger partial charge in [-0.1, -0.05) is 0 Å². The van der Waals surface area contributed by atoms with E-state index in [1.165, 1.54) is 0 Å². The summed E-state index contributed by atoms with van der Waals surface area (Å²) < 4.78 is 5.69. The van der Waals surface area contributed by atoms with Gasteiger partial charge < -0.3 is 19.9 Å². The van der Waals surface area contributed by atoms with E-state index in [1.807, 2.05) is 6.07 Å². The van der Waals surface area contributed by atoms with Crippen LogP contribution >= 0.6 is 0 Å². The highest BCUT2D eigenvalue weighted by Gasteiger charge is 2.23. The van der Waals surface area contributed by atoms with Crippen LogP contribution in [0.5, 0.6) is 0 Å². The van der Waals surface area contributed by atoms with E-state index in [1.54, 1.807) is 19.3 Å². The second kappa shape index (κ2) is 7.38. The van der Waals surface area contributed by atoms with E-state index in [2.05, 4.69) is 34.2 Å². The number of carbonyl (C=O) groups excluding carboxylic acids is 1. The zero-order chi connectivity index (χ0) is 15.2. The summed E-state index contributed by atoms with van der Waals surface area (Å²) in [6, 6.07) is 3.60. The molecule has 1 aromatic heterocycles. The van der Waals surface area contributed by atoms with Crippen molar-refractivity contribution in [1.82, 2.24) is 15.2 Å². The Kier molecular flexibility index (Phi) is 5.52. The molecule has 2 rings (SSSR count). The number of ether oxygens (including phenoxy) is 1. The molecule has 0 radical (unpaired) electrons. The van der Waals surface area contributed by atoms with Crippen molar-refractivity contribution in [3.05, 3.63) is 23.9 Å². The average molecular weight is 292 g/mol. The number of nitrogens with one attached hydrogen (secondary N) is 1. The molecule has 1 N–H and O–H groups in total. The smallest absolute Gasteiger partial charge is 0.254 e. The highest BCUT2D eigenvalue weighted by atomic mass is 16.5. The number of rotatable bonds is 4. The molecule has 0 aromatic carbocycles. The summed E-state index contributed by atoms with van der Waals surface area (Å²) in [7, 11) is 5.76. The first-order valence-corrected chi connectivity index (χ1v) is 7.26. The number of carbonyl (C=O) groups is 1. The van der Waals surface area contributed by atoms with Gasteiger partial charge in [0.25, 0.3) is 5.91 Å². The third kappa shape index (κ3) is 4.15. The lowest BCUT2D eigenvalue weighted by molar-refractivity contribution is 0.0963. The van der Waals surface area contributed by atoms with Gasteiger partial charge >= 0.3 is 0 Å². The van der Waals surface area contributed by atoms with E-state index in [9.17, 15) is 4.79 Å². The highest BCUT2D eigenvalue weighted by molar-refractivity contribution is 5.98. The van der Waals surface area contributed by atoms with Crippen LogP contribution in [0.15, 0.2) is 18.3 Å². The minimum absolute atomic E-state index is 0.104. The van der Waals surface area contributed by atoms with E-state index in [4.69, 9.17) is 4.74 Å². The average Bonchev–Trinajstić information content (AvgIpc) is 2.71. The van der Waals surface area contributed by atoms with Crippen molar-refractivity contribution in [3.63, 3.8) is 0 Å². The molecule has 2 heterocycles. The first-order valence-electron chi connectivity index (χ1n) is 7.26. The van der Waals surface area contributed by atoms with Crippen molar-refractivity contribution in [3.8, 4) is 0 Å². The van der Waals surface area contributed by atoms with Crippen molar-refractivity contribution < 1.29 is 9.53 Å². The van der Waals surface area contributed by atoms with Crippen molar-refractivity contribution in [1.29, 1.82) is 0 Å². The number of anilines is 1. The molecule has 1 saturated heterocycles. The minimum atomic E-state index is -0.104. The van der Waals surface area contributed by atoms with Crippen LogP contribution in [0.3, 0.4) is 0 Å². The summed E-state index contributed by atoms with van der Waals surface area (Å²) >= 11 is 0. The second-order valence-electron chi connectivity index (χ2n) is 5.60. The van der Waals surface area contributed by atoms with E-state index in [-0.39, 0.29) is 5.91 Å². The molecule has 1 aromatic rings. The zero-order valence-electron chi connectivity index (χ0n) is 13.0. The molecular formula is C15H24N4O2. The van der Waals surface area contributed by atoms with Crippen LogP contribution in [0, 0.1) is 5.92 Å². The normalized spacial score (nSPS) is 19.4. The minimum Gasteiger partial charge on any atom is -0.379 e. The van der Waals surface area contributed by atoms with Gasteiger partial charge in [0.2, 0.25) is 0 Å². The van der Waals surface area contributed by atoms with Gasteiger partial charge in [-0.05, 0) is 26.2 Å². The van der Waals surface area contributed by atoms with Gasteiger partial charge in [0.05, 0.1) is 18.8 Å². The van der Waals surface area contributed by atoms with E-state index < -0.39 is 0 Å². The standard InChI is InChI=1S/C15H24N4O2/c1-16-15(20)13-5-4-6-17-14(13)19-7-8-21-11-12(10-19)9-18(2)3/h4-6,12H,7-11H2,1-3H3,(H,16,20). The van der Waals surface area contributed by atoms with Crippen LogP contribution in [-0.4, -0.2) is 69.8 Å². The van der Waals surface area contributed by atoms with Gasteiger partial charge in [-0.3, -0.25) is 4.79 Å². The zero-order valence-corrected chi connectivity index (χ0v) is 13.0. The van der Waals surface area contributed by atoms with E-state index in [0.29, 0.717) is 18.1 Å². The Labute approximate surface area is 126 Å². The number of nitrogens with zero attached hydrogens (tertiary/aromatic N) is 3. The first-order chi connectivity index (χ1) is 10.1. The number of amides is 1. The van der Waals surface area contributed by atoms with Crippen LogP contribution in [0.4, 0.5) is 5.82 Å². The van der Waals surface area contributed by atoms with Crippen molar-refractivity contribution in [2.24, 2.45) is 5.92 Å². The predicted octanol–water partition coefficient (Wildman–Crippen LogP) is 0.456. The number of pyridine rings is 1. The Bertz CT molecular complexity index is 478. The number of hydrogen-bond donors (Lipinski definition) is 1. The van der Waals surface area contributed by atoms with Crippen molar-refractivity contribution in [2.45, 2.75) is 0 Å². The fraction of sp³-hybridized carbons (Fsp3) is 0.600. The van der Waals surface area contributed by atoms with Gasteiger partial charge in [-0.2, -0.15) is 0 Å². The summed E-state index contributed by atoms with van der Waals surface area (Å²) in [5.74, 6) is 1.04. The van der Waals surface area contributed by atoms with Gasteiger partial charge in [-0.15, -0.1) is 0 Å². The third-order valence-corrected chi connectivity index (χ3v) is 3.52. The van der Waals surface area contributed by atoms with Crippen LogP contribution in [0.2, 0.25) is 0 Å². The largest absolute Gasteiger partial charge is 0.379 e. The molecule has 116 valence electrons. The van der Waals surface area contributed by atoms with Crippen LogP contribution in [0.25, 0.3) is 0 Å². The van der Waals surface area contributed by atoms with Crippen LogP contribution in [-0.2, 0) is 4.74 Å². The topological polar surface area (TPSA) is 57.7 Å². The molecule has 6 heteroatoms. The maximum absolute atomic E-state index is 12.0. The Morgan fingerprint density at radius 3 is 3.10 bits per heavy atom. The first kappa shape index (κ1) is 15.7. The lowest BCUT2D eigenvalue weighted by atomic mass is 10.1. The van der Waals surface area contributed by atoms with E-state index in [0.717, 1.165) is 32.1 Å². The lowest BCUT2D eigenvalue weighted by Crippen LogP contribution is -2.36. The molecule has 1 aliphatic rings. The van der Waals surface area contributed by atoms with Crippen LogP contribution < -0.4 is 10.2 Å². The second-order valence-corrected chi connectivity index (χ2v) is 5.60. The summed E-state index contributed by atoms with van der Waals surface area (Å²) in [5.41, 5.74) is 0.616. The quantitative estimate of drug-likeness (QED) is 0.873. The predicted molar refractivity (Wildman–Crippen MR) is 82.7 cm³/mol. The van der Waals surface area contributed by atoms with Crippen molar-refractivity contribution >= 4 is 11.7 Å². The summed E-state index contributed by atoms with van der Waals surface area (Å²) in [5, 5.41) is 2.67. The third-order valence-electron chi connectivity index (χ3n) is 3.52. The molecule has 1 fully saturated rings. The monoisotopic (exact) mass is 292 g/mol. The molecule has 1 amide bonds. The van der Waals surface area contributed by atoms with Gasteiger partial charge in [-0.25, -0.2) is 4.98 Å². The number of hydrogen-bond acceptors (Lipinski definition) is 5.